The van der Waals surface area contributed by atoms with Crippen LogP contribution in [0.2, 0.25) is 0 Å². The minimum Gasteiger partial charge on any atom is -0.377 e. The highest BCUT2D eigenvalue weighted by Crippen LogP contribution is 2.08. The number of hydrogen-bond acceptors (Lipinski definition) is 6. The van der Waals surface area contributed by atoms with Crippen LogP contribution in [0.4, 0.5) is 0 Å². The summed E-state index contributed by atoms with van der Waals surface area (Å²) in [5.41, 5.74) is 2.45. The van der Waals surface area contributed by atoms with Crippen LogP contribution >= 0.6 is 0 Å². The molecule has 0 radical (unpaired) electrons. The molecule has 0 spiro atoms. The Kier molecular flexibility index (Phi) is 13.4. The van der Waals surface area contributed by atoms with Crippen LogP contribution in [0.1, 0.15) is 49.7 Å². The van der Waals surface area contributed by atoms with Crippen molar-refractivity contribution in [3.63, 3.8) is 0 Å². The van der Waals surface area contributed by atoms with E-state index in [9.17, 15) is 9.59 Å². The number of ether oxygens (including phenoxy) is 2. The van der Waals surface area contributed by atoms with Crippen LogP contribution in [0.3, 0.4) is 0 Å². The van der Waals surface area contributed by atoms with Crippen molar-refractivity contribution in [2.24, 2.45) is 0 Å². The van der Waals surface area contributed by atoms with E-state index in [0.717, 1.165) is 91.0 Å². The molecule has 6 heteroatoms. The first-order valence-corrected chi connectivity index (χ1v) is 13.4. The van der Waals surface area contributed by atoms with E-state index in [1.807, 2.05) is 36.4 Å². The minimum absolute atomic E-state index is 0.409. The van der Waals surface area contributed by atoms with Gasteiger partial charge in [0.05, 0.1) is 13.2 Å². The average molecular weight is 495 g/mol. The molecule has 4 rings (SSSR count). The van der Waals surface area contributed by atoms with E-state index >= 15 is 0 Å². The maximum Gasteiger partial charge on any atom is 0.135 e. The summed E-state index contributed by atoms with van der Waals surface area (Å²) in [6.07, 6.45) is 4.99. The summed E-state index contributed by atoms with van der Waals surface area (Å²) in [4.78, 5) is 26.9. The first-order valence-electron chi connectivity index (χ1n) is 13.4. The van der Waals surface area contributed by atoms with Gasteiger partial charge in [0.2, 0.25) is 0 Å². The number of nitrogens with zero attached hydrogens (tertiary/aromatic N) is 2. The highest BCUT2D eigenvalue weighted by atomic mass is 16.5. The molecule has 2 saturated heterocycles. The quantitative estimate of drug-likeness (QED) is 0.405. The number of carbonyl (C=O) groups is 2. The van der Waals surface area contributed by atoms with E-state index in [1.165, 1.54) is 11.1 Å². The van der Waals surface area contributed by atoms with Crippen molar-refractivity contribution in [3.8, 4) is 0 Å². The van der Waals surface area contributed by atoms with Crippen molar-refractivity contribution in [1.82, 2.24) is 9.80 Å². The smallest absolute Gasteiger partial charge is 0.135 e. The van der Waals surface area contributed by atoms with E-state index in [4.69, 9.17) is 9.47 Å². The molecule has 2 aromatic carbocycles. The summed E-state index contributed by atoms with van der Waals surface area (Å²) in [5.74, 6) is 0.818. The molecular formula is C30H42N2O4. The predicted octanol–water partition coefficient (Wildman–Crippen LogP) is 4.52. The molecule has 0 bridgehead atoms. The fraction of sp³-hybridized carbons (Fsp3) is 0.533. The average Bonchev–Trinajstić information content (AvgIpc) is 2.92. The second-order valence-electron chi connectivity index (χ2n) is 9.54. The minimum atomic E-state index is 0.409. The Balaban J connectivity index is 0.000000201. The van der Waals surface area contributed by atoms with E-state index in [1.54, 1.807) is 0 Å². The summed E-state index contributed by atoms with van der Waals surface area (Å²) >= 11 is 0. The fourth-order valence-electron chi connectivity index (χ4n) is 4.36. The van der Waals surface area contributed by atoms with Crippen LogP contribution in [0, 0.1) is 0 Å². The van der Waals surface area contributed by atoms with Gasteiger partial charge in [-0.2, -0.15) is 0 Å². The second kappa shape index (κ2) is 17.1. The second-order valence-corrected chi connectivity index (χ2v) is 9.54. The standard InChI is InChI=1S/2C15H21NO2/c2*17-15-7-10-16(11-8-15)9-4-12-18-13-14-5-2-1-3-6-14/h2*1-3,5-6H,4,7-13H2. The molecule has 2 aliphatic rings. The first kappa shape index (κ1) is 28.2. The van der Waals surface area contributed by atoms with Gasteiger partial charge in [0.15, 0.2) is 0 Å². The maximum absolute atomic E-state index is 11.1. The number of rotatable bonds is 12. The van der Waals surface area contributed by atoms with Crippen molar-refractivity contribution in [2.75, 3.05) is 52.5 Å². The molecule has 0 aromatic heterocycles. The topological polar surface area (TPSA) is 59.1 Å². The maximum atomic E-state index is 11.1. The third kappa shape index (κ3) is 12.0. The third-order valence-corrected chi connectivity index (χ3v) is 6.58. The van der Waals surface area contributed by atoms with Crippen LogP contribution in [-0.2, 0) is 32.3 Å². The Labute approximate surface area is 216 Å². The SMILES string of the molecule is O=C1CCN(CCCOCc2ccccc2)CC1.O=C1CCN(CCCOCc2ccccc2)CC1. The monoisotopic (exact) mass is 494 g/mol. The van der Waals surface area contributed by atoms with Gasteiger partial charge in [0, 0.05) is 78.2 Å². The Morgan fingerprint density at radius 3 is 1.28 bits per heavy atom. The lowest BCUT2D eigenvalue weighted by Gasteiger charge is -2.25. The van der Waals surface area contributed by atoms with Crippen molar-refractivity contribution < 1.29 is 19.1 Å². The van der Waals surface area contributed by atoms with Gasteiger partial charge in [-0.05, 0) is 24.0 Å². The molecular weight excluding hydrogens is 452 g/mol. The van der Waals surface area contributed by atoms with Gasteiger partial charge < -0.3 is 19.3 Å². The zero-order valence-electron chi connectivity index (χ0n) is 21.6. The zero-order chi connectivity index (χ0) is 25.3. The molecule has 196 valence electrons. The molecule has 0 unspecified atom stereocenters. The van der Waals surface area contributed by atoms with Gasteiger partial charge >= 0.3 is 0 Å². The number of likely N-dealkylation sites (tertiary alicyclic amines) is 2. The van der Waals surface area contributed by atoms with Crippen molar-refractivity contribution >= 4 is 11.6 Å². The van der Waals surface area contributed by atoms with Gasteiger partial charge in [-0.1, -0.05) is 60.7 Å². The lowest BCUT2D eigenvalue weighted by Crippen LogP contribution is -2.34. The number of piperidine rings is 2. The summed E-state index contributed by atoms with van der Waals surface area (Å²) < 4.78 is 11.3. The van der Waals surface area contributed by atoms with E-state index in [-0.39, 0.29) is 0 Å². The number of benzene rings is 2. The number of carbonyl (C=O) groups excluding carboxylic acids is 2. The van der Waals surface area contributed by atoms with Crippen molar-refractivity contribution in [2.45, 2.75) is 51.7 Å². The molecule has 0 atom stereocenters. The van der Waals surface area contributed by atoms with Crippen LogP contribution in [0.5, 0.6) is 0 Å². The predicted molar refractivity (Wildman–Crippen MR) is 143 cm³/mol. The normalized spacial score (nSPS) is 17.0. The number of ketones is 2. The lowest BCUT2D eigenvalue weighted by atomic mass is 10.1. The fourth-order valence-corrected chi connectivity index (χ4v) is 4.36. The number of Topliss-reactive ketones (excluding diaryl/α,β-unsaturated/α-hetero) is 2. The van der Waals surface area contributed by atoms with Gasteiger partial charge in [-0.25, -0.2) is 0 Å². The molecule has 0 saturated carbocycles. The Hall–Kier alpha value is -2.38. The largest absolute Gasteiger partial charge is 0.377 e. The van der Waals surface area contributed by atoms with Crippen LogP contribution in [0.15, 0.2) is 60.7 Å². The summed E-state index contributed by atoms with van der Waals surface area (Å²) in [6, 6.07) is 20.5. The first-order chi connectivity index (χ1) is 17.7. The highest BCUT2D eigenvalue weighted by Gasteiger charge is 2.15. The van der Waals surface area contributed by atoms with Gasteiger partial charge in [0.25, 0.3) is 0 Å². The molecule has 0 N–H and O–H groups in total. The molecule has 2 aliphatic heterocycles. The van der Waals surface area contributed by atoms with Crippen LogP contribution < -0.4 is 0 Å². The molecule has 0 amide bonds. The Morgan fingerprint density at radius 1 is 0.556 bits per heavy atom. The van der Waals surface area contributed by atoms with Crippen molar-refractivity contribution in [1.29, 1.82) is 0 Å². The van der Waals surface area contributed by atoms with E-state index < -0.39 is 0 Å². The molecule has 36 heavy (non-hydrogen) atoms. The van der Waals surface area contributed by atoms with Gasteiger partial charge in [0.1, 0.15) is 11.6 Å². The molecule has 0 aliphatic carbocycles. The summed E-state index contributed by atoms with van der Waals surface area (Å²) in [5, 5.41) is 0. The lowest BCUT2D eigenvalue weighted by molar-refractivity contribution is -0.122. The molecule has 2 heterocycles. The highest BCUT2D eigenvalue weighted by molar-refractivity contribution is 5.79. The summed E-state index contributed by atoms with van der Waals surface area (Å²) in [6.45, 7) is 8.77. The van der Waals surface area contributed by atoms with Crippen LogP contribution in [-0.4, -0.2) is 73.8 Å². The third-order valence-electron chi connectivity index (χ3n) is 6.58. The zero-order valence-corrected chi connectivity index (χ0v) is 21.6. The molecule has 2 aromatic rings. The van der Waals surface area contributed by atoms with E-state index in [2.05, 4.69) is 34.1 Å². The summed E-state index contributed by atoms with van der Waals surface area (Å²) in [7, 11) is 0. The Morgan fingerprint density at radius 2 is 0.917 bits per heavy atom. The number of hydrogen-bond donors (Lipinski definition) is 0. The van der Waals surface area contributed by atoms with Crippen molar-refractivity contribution in [3.05, 3.63) is 71.8 Å². The van der Waals surface area contributed by atoms with Crippen LogP contribution in [0.25, 0.3) is 0 Å². The van der Waals surface area contributed by atoms with Gasteiger partial charge in [-0.15, -0.1) is 0 Å². The van der Waals surface area contributed by atoms with Gasteiger partial charge in [-0.3, -0.25) is 9.59 Å². The molecule has 2 fully saturated rings. The Bertz CT molecular complexity index is 782. The molecule has 6 nitrogen and oxygen atoms in total. The van der Waals surface area contributed by atoms with E-state index in [0.29, 0.717) is 24.8 Å².